The summed E-state index contributed by atoms with van der Waals surface area (Å²) in [7, 11) is 3.29. The molecule has 0 atom stereocenters. The van der Waals surface area contributed by atoms with Crippen molar-refractivity contribution in [1.82, 2.24) is 4.90 Å². The van der Waals surface area contributed by atoms with Gasteiger partial charge in [-0.15, -0.1) is 0 Å². The SMILES string of the molecule is COC(=O)c1ccc(CN(C)CCO)c(Br)c1. The van der Waals surface area contributed by atoms with Gasteiger partial charge in [0.05, 0.1) is 19.3 Å². The summed E-state index contributed by atoms with van der Waals surface area (Å²) in [4.78, 5) is 13.3. The molecule has 4 nitrogen and oxygen atoms in total. The van der Waals surface area contributed by atoms with Crippen LogP contribution in [0.15, 0.2) is 22.7 Å². The molecule has 0 spiro atoms. The molecule has 5 heteroatoms. The fraction of sp³-hybridized carbons (Fsp3) is 0.417. The van der Waals surface area contributed by atoms with Crippen molar-refractivity contribution in [2.45, 2.75) is 6.54 Å². The minimum absolute atomic E-state index is 0.133. The molecule has 0 bridgehead atoms. The molecule has 0 heterocycles. The van der Waals surface area contributed by atoms with Crippen LogP contribution in [0.4, 0.5) is 0 Å². The van der Waals surface area contributed by atoms with Crippen molar-refractivity contribution in [2.75, 3.05) is 27.3 Å². The first-order valence-corrected chi connectivity index (χ1v) is 6.04. The first-order valence-electron chi connectivity index (χ1n) is 5.24. The molecule has 1 rings (SSSR count). The molecular formula is C12H16BrNO3. The van der Waals surface area contributed by atoms with Gasteiger partial charge in [-0.25, -0.2) is 4.79 Å². The smallest absolute Gasteiger partial charge is 0.337 e. The number of ether oxygens (including phenoxy) is 1. The highest BCUT2D eigenvalue weighted by Gasteiger charge is 2.09. The summed E-state index contributed by atoms with van der Waals surface area (Å²) in [6.45, 7) is 1.46. The second-order valence-electron chi connectivity index (χ2n) is 3.76. The minimum atomic E-state index is -0.346. The summed E-state index contributed by atoms with van der Waals surface area (Å²) in [5.41, 5.74) is 1.58. The third kappa shape index (κ3) is 4.11. The molecule has 0 aliphatic heterocycles. The molecule has 0 aromatic heterocycles. The number of esters is 1. The quantitative estimate of drug-likeness (QED) is 0.841. The number of halogens is 1. The number of aliphatic hydroxyl groups excluding tert-OH is 1. The van der Waals surface area contributed by atoms with Gasteiger partial charge in [0, 0.05) is 17.6 Å². The Kier molecular flexibility index (Phi) is 5.61. The van der Waals surface area contributed by atoms with Gasteiger partial charge >= 0.3 is 5.97 Å². The highest BCUT2D eigenvalue weighted by molar-refractivity contribution is 9.10. The first-order chi connectivity index (χ1) is 8.08. The average Bonchev–Trinajstić information content (AvgIpc) is 2.31. The van der Waals surface area contributed by atoms with Crippen LogP contribution in [0.2, 0.25) is 0 Å². The van der Waals surface area contributed by atoms with Crippen molar-refractivity contribution in [3.8, 4) is 0 Å². The van der Waals surface area contributed by atoms with Gasteiger partial charge in [0.25, 0.3) is 0 Å². The van der Waals surface area contributed by atoms with Crippen molar-refractivity contribution < 1.29 is 14.6 Å². The van der Waals surface area contributed by atoms with Crippen LogP contribution >= 0.6 is 15.9 Å². The van der Waals surface area contributed by atoms with Gasteiger partial charge in [0.15, 0.2) is 0 Å². The molecule has 17 heavy (non-hydrogen) atoms. The van der Waals surface area contributed by atoms with Gasteiger partial charge in [-0.1, -0.05) is 22.0 Å². The van der Waals surface area contributed by atoms with Gasteiger partial charge in [-0.05, 0) is 24.7 Å². The maximum Gasteiger partial charge on any atom is 0.337 e. The highest BCUT2D eigenvalue weighted by atomic mass is 79.9. The number of aliphatic hydroxyl groups is 1. The molecule has 1 N–H and O–H groups in total. The van der Waals surface area contributed by atoms with E-state index in [0.717, 1.165) is 10.0 Å². The van der Waals surface area contributed by atoms with Gasteiger partial charge in [0.1, 0.15) is 0 Å². The van der Waals surface area contributed by atoms with Crippen LogP contribution < -0.4 is 0 Å². The molecule has 0 saturated carbocycles. The number of carbonyl (C=O) groups excluding carboxylic acids is 1. The lowest BCUT2D eigenvalue weighted by Gasteiger charge is -2.16. The van der Waals surface area contributed by atoms with E-state index in [9.17, 15) is 4.79 Å². The predicted octanol–water partition coefficient (Wildman–Crippen LogP) is 1.66. The molecule has 0 aliphatic carbocycles. The van der Waals surface area contributed by atoms with E-state index in [2.05, 4.69) is 20.7 Å². The lowest BCUT2D eigenvalue weighted by Crippen LogP contribution is -2.21. The predicted molar refractivity (Wildman–Crippen MR) is 68.9 cm³/mol. The monoisotopic (exact) mass is 301 g/mol. The van der Waals surface area contributed by atoms with Crippen molar-refractivity contribution in [3.63, 3.8) is 0 Å². The largest absolute Gasteiger partial charge is 0.465 e. The van der Waals surface area contributed by atoms with E-state index in [0.29, 0.717) is 18.7 Å². The Hall–Kier alpha value is -0.910. The Labute approximate surface area is 109 Å². The third-order valence-corrected chi connectivity index (χ3v) is 3.13. The van der Waals surface area contributed by atoms with Crippen LogP contribution in [-0.2, 0) is 11.3 Å². The summed E-state index contributed by atoms with van der Waals surface area (Å²) < 4.78 is 5.51. The zero-order valence-corrected chi connectivity index (χ0v) is 11.5. The van der Waals surface area contributed by atoms with Crippen LogP contribution in [-0.4, -0.2) is 43.3 Å². The van der Waals surface area contributed by atoms with Crippen LogP contribution in [0.1, 0.15) is 15.9 Å². The van der Waals surface area contributed by atoms with Crippen LogP contribution in [0.25, 0.3) is 0 Å². The lowest BCUT2D eigenvalue weighted by atomic mass is 10.1. The second-order valence-corrected chi connectivity index (χ2v) is 4.61. The van der Waals surface area contributed by atoms with E-state index in [-0.39, 0.29) is 12.6 Å². The van der Waals surface area contributed by atoms with Crippen LogP contribution in [0, 0.1) is 0 Å². The Morgan fingerprint density at radius 3 is 2.76 bits per heavy atom. The lowest BCUT2D eigenvalue weighted by molar-refractivity contribution is 0.0600. The number of nitrogens with zero attached hydrogens (tertiary/aromatic N) is 1. The molecule has 94 valence electrons. The number of rotatable bonds is 5. The van der Waals surface area contributed by atoms with Crippen LogP contribution in [0.5, 0.6) is 0 Å². The van der Waals surface area contributed by atoms with Crippen molar-refractivity contribution in [3.05, 3.63) is 33.8 Å². The summed E-state index contributed by atoms with van der Waals surface area (Å²) >= 11 is 3.43. The average molecular weight is 302 g/mol. The van der Waals surface area contributed by atoms with E-state index >= 15 is 0 Å². The van der Waals surface area contributed by atoms with Crippen molar-refractivity contribution in [1.29, 1.82) is 0 Å². The number of methoxy groups -OCH3 is 1. The topological polar surface area (TPSA) is 49.8 Å². The fourth-order valence-electron chi connectivity index (χ4n) is 1.46. The maximum absolute atomic E-state index is 11.3. The van der Waals surface area contributed by atoms with Crippen LogP contribution in [0.3, 0.4) is 0 Å². The Balaban J connectivity index is 2.79. The molecule has 0 unspecified atom stereocenters. The van der Waals surface area contributed by atoms with Gasteiger partial charge in [-0.2, -0.15) is 0 Å². The number of likely N-dealkylation sites (N-methyl/N-ethyl adjacent to an activating group) is 1. The number of benzene rings is 1. The summed E-state index contributed by atoms with van der Waals surface area (Å²) in [5.74, 6) is -0.346. The second kappa shape index (κ2) is 6.74. The number of hydrogen-bond donors (Lipinski definition) is 1. The molecule has 0 saturated heterocycles. The van der Waals surface area contributed by atoms with E-state index in [1.54, 1.807) is 12.1 Å². The molecule has 0 radical (unpaired) electrons. The molecule has 0 amide bonds. The summed E-state index contributed by atoms with van der Waals surface area (Å²) in [6.07, 6.45) is 0. The Morgan fingerprint density at radius 2 is 2.24 bits per heavy atom. The first kappa shape index (κ1) is 14.2. The van der Waals surface area contributed by atoms with Gasteiger partial charge < -0.3 is 9.84 Å². The number of hydrogen-bond acceptors (Lipinski definition) is 4. The summed E-state index contributed by atoms with van der Waals surface area (Å²) in [6, 6.07) is 5.36. The Bertz CT molecular complexity index is 395. The Morgan fingerprint density at radius 1 is 1.53 bits per heavy atom. The molecule has 1 aromatic rings. The standard InChI is InChI=1S/C12H16BrNO3/c1-14(5-6-15)8-10-4-3-9(7-11(10)13)12(16)17-2/h3-4,7,15H,5-6,8H2,1-2H3. The minimum Gasteiger partial charge on any atom is -0.465 e. The van der Waals surface area contributed by atoms with Gasteiger partial charge in [-0.3, -0.25) is 4.90 Å². The molecule has 0 aliphatic rings. The van der Waals surface area contributed by atoms with Crippen molar-refractivity contribution in [2.24, 2.45) is 0 Å². The van der Waals surface area contributed by atoms with E-state index in [4.69, 9.17) is 5.11 Å². The zero-order chi connectivity index (χ0) is 12.8. The van der Waals surface area contributed by atoms with E-state index < -0.39 is 0 Å². The van der Waals surface area contributed by atoms with E-state index in [1.165, 1.54) is 7.11 Å². The summed E-state index contributed by atoms with van der Waals surface area (Å²) in [5, 5.41) is 8.82. The highest BCUT2D eigenvalue weighted by Crippen LogP contribution is 2.20. The normalized spacial score (nSPS) is 10.6. The molecule has 1 aromatic carbocycles. The van der Waals surface area contributed by atoms with Crippen molar-refractivity contribution >= 4 is 21.9 Å². The molecule has 0 fully saturated rings. The molecular weight excluding hydrogens is 286 g/mol. The van der Waals surface area contributed by atoms with E-state index in [1.807, 2.05) is 18.0 Å². The number of carbonyl (C=O) groups is 1. The maximum atomic E-state index is 11.3. The fourth-order valence-corrected chi connectivity index (χ4v) is 1.97. The van der Waals surface area contributed by atoms with Gasteiger partial charge in [0.2, 0.25) is 0 Å². The third-order valence-electron chi connectivity index (χ3n) is 2.40. The zero-order valence-electron chi connectivity index (χ0n) is 9.94.